The first kappa shape index (κ1) is 41.8. The number of esters is 2. The zero-order valence-corrected chi connectivity index (χ0v) is 30.6. The Morgan fingerprint density at radius 2 is 1.38 bits per heavy atom. The molecule has 0 radical (unpaired) electrons. The maximum absolute atomic E-state index is 12.1. The first-order chi connectivity index (χ1) is 23.7. The number of nitrogens with one attached hydrogen (secondary N) is 1. The van der Waals surface area contributed by atoms with Crippen molar-refractivity contribution in [2.75, 3.05) is 61.3 Å². The Kier molecular flexibility index (Phi) is 17.0. The normalized spacial score (nSPS) is 17.3. The highest BCUT2D eigenvalue weighted by Crippen LogP contribution is 2.42. The minimum Gasteiger partial charge on any atom is -0.493 e. The average molecular weight is 720 g/mol. The van der Waals surface area contributed by atoms with Gasteiger partial charge in [0.1, 0.15) is 19.0 Å². The molecule has 2 aromatic carbocycles. The third-order valence-corrected chi connectivity index (χ3v) is 8.68. The molecule has 0 fully saturated rings. The molecule has 0 saturated heterocycles. The Labute approximate surface area is 300 Å². The van der Waals surface area contributed by atoms with Gasteiger partial charge in [-0.1, -0.05) is 0 Å². The van der Waals surface area contributed by atoms with Gasteiger partial charge in [-0.05, 0) is 79.8 Å². The van der Waals surface area contributed by atoms with Crippen LogP contribution in [0.4, 0.5) is 0 Å². The van der Waals surface area contributed by atoms with Crippen LogP contribution in [0.2, 0.25) is 0 Å². The number of hydrogen-bond donors (Lipinski definition) is 2. The van der Waals surface area contributed by atoms with Gasteiger partial charge in [0.25, 0.3) is 0 Å². The fourth-order valence-electron chi connectivity index (χ4n) is 6.38. The number of Topliss-reactive ketones (excluding diaryl/α,β-unsaturated/α-hetero) is 1. The van der Waals surface area contributed by atoms with Crippen molar-refractivity contribution in [3.63, 3.8) is 0 Å². The number of nitrogens with two attached hydrogens (primary N) is 1. The summed E-state index contributed by atoms with van der Waals surface area (Å²) in [6.45, 7) is 8.36. The lowest BCUT2D eigenvalue weighted by Gasteiger charge is -2.41. The summed E-state index contributed by atoms with van der Waals surface area (Å²) in [4.78, 5) is 45.9. The molecular formula is C36H50ClN3O10. The zero-order chi connectivity index (χ0) is 36.1. The number of carbonyl (C=O) groups excluding carboxylic acids is 4. The lowest BCUT2D eigenvalue weighted by molar-refractivity contribution is -0.145. The molecule has 276 valence electrons. The summed E-state index contributed by atoms with van der Waals surface area (Å²) < 4.78 is 31.5. The van der Waals surface area contributed by atoms with Crippen molar-refractivity contribution in [3.8, 4) is 23.0 Å². The van der Waals surface area contributed by atoms with E-state index in [-0.39, 0.29) is 55.7 Å². The van der Waals surface area contributed by atoms with Gasteiger partial charge in [0.05, 0.1) is 47.2 Å². The Balaban J connectivity index is 0.000000325. The van der Waals surface area contributed by atoms with Crippen molar-refractivity contribution < 1.29 is 47.6 Å². The van der Waals surface area contributed by atoms with Gasteiger partial charge in [-0.25, -0.2) is 4.79 Å². The number of carbonyl (C=O) groups is 4. The third-order valence-electron chi connectivity index (χ3n) is 8.68. The molecule has 5 rings (SSSR count). The topological polar surface area (TPSA) is 165 Å². The number of halogens is 1. The second kappa shape index (κ2) is 20.4. The molecule has 3 aliphatic rings. The standard InChI is InChI=1S/C18H24N2O4.C17H23NO5.CH2O.ClH/c1-4-24-18(21)13-10-20-6-5-11-7-16(22-2)17(23-3)8-12(11)15(20)9-14(13)19;1-4-23-17(20)9-12(19)8-14-13-10-16(22-3)15(21-2)7-11(13)5-6-18-14;1-2;/h7-8,15H,4-6,9-10,19H2,1-3H3;7,10,14,18H,4-6,8-9H2,1-3H3;1H2;1H. The van der Waals surface area contributed by atoms with E-state index in [1.54, 1.807) is 42.3 Å². The van der Waals surface area contributed by atoms with E-state index < -0.39 is 5.97 Å². The number of rotatable bonds is 11. The molecule has 2 aromatic rings. The van der Waals surface area contributed by atoms with E-state index >= 15 is 0 Å². The van der Waals surface area contributed by atoms with Gasteiger partial charge in [-0.3, -0.25) is 14.5 Å². The van der Waals surface area contributed by atoms with Crippen LogP contribution in [0.15, 0.2) is 35.5 Å². The van der Waals surface area contributed by atoms with Gasteiger partial charge >= 0.3 is 11.9 Å². The summed E-state index contributed by atoms with van der Waals surface area (Å²) in [5.41, 5.74) is 12.0. The molecule has 50 heavy (non-hydrogen) atoms. The van der Waals surface area contributed by atoms with E-state index in [1.165, 1.54) is 11.1 Å². The van der Waals surface area contributed by atoms with Crippen LogP contribution in [0.25, 0.3) is 0 Å². The minimum atomic E-state index is -0.471. The van der Waals surface area contributed by atoms with Crippen molar-refractivity contribution in [1.82, 2.24) is 10.2 Å². The first-order valence-electron chi connectivity index (χ1n) is 16.3. The van der Waals surface area contributed by atoms with Crippen molar-refractivity contribution >= 4 is 36.9 Å². The molecule has 0 aliphatic carbocycles. The molecule has 3 aliphatic heterocycles. The molecule has 0 bridgehead atoms. The number of ether oxygens (including phenoxy) is 6. The molecule has 0 aromatic heterocycles. The van der Waals surface area contributed by atoms with Gasteiger partial charge < -0.3 is 44.3 Å². The molecular weight excluding hydrogens is 670 g/mol. The summed E-state index contributed by atoms with van der Waals surface area (Å²) in [7, 11) is 6.47. The maximum Gasteiger partial charge on any atom is 0.337 e. The van der Waals surface area contributed by atoms with Crippen LogP contribution in [0.1, 0.15) is 67.4 Å². The number of fused-ring (bicyclic) bond motifs is 4. The summed E-state index contributed by atoms with van der Waals surface area (Å²) in [5, 5.41) is 3.33. The van der Waals surface area contributed by atoms with Gasteiger partial charge in [0, 0.05) is 43.7 Å². The molecule has 0 saturated carbocycles. The monoisotopic (exact) mass is 719 g/mol. The third kappa shape index (κ3) is 10.1. The minimum absolute atomic E-state index is 0. The Bertz CT molecular complexity index is 1520. The van der Waals surface area contributed by atoms with Gasteiger partial charge in [0.2, 0.25) is 0 Å². The van der Waals surface area contributed by atoms with Crippen LogP contribution in [0.5, 0.6) is 23.0 Å². The second-order valence-electron chi connectivity index (χ2n) is 11.5. The molecule has 14 heteroatoms. The molecule has 0 amide bonds. The summed E-state index contributed by atoms with van der Waals surface area (Å²) in [6, 6.07) is 7.98. The zero-order valence-electron chi connectivity index (χ0n) is 29.8. The largest absolute Gasteiger partial charge is 0.493 e. The molecule has 2 unspecified atom stereocenters. The number of ketones is 1. The van der Waals surface area contributed by atoms with Crippen LogP contribution in [0.3, 0.4) is 0 Å². The quantitative estimate of drug-likeness (QED) is 0.255. The van der Waals surface area contributed by atoms with E-state index in [2.05, 4.69) is 10.2 Å². The van der Waals surface area contributed by atoms with E-state index in [4.69, 9.17) is 38.9 Å². The number of benzene rings is 2. The predicted molar refractivity (Wildman–Crippen MR) is 189 cm³/mol. The Hall–Kier alpha value is -4.33. The highest BCUT2D eigenvalue weighted by atomic mass is 35.5. The van der Waals surface area contributed by atoms with Gasteiger partial charge in [-0.2, -0.15) is 0 Å². The fourth-order valence-corrected chi connectivity index (χ4v) is 6.38. The molecule has 3 N–H and O–H groups in total. The van der Waals surface area contributed by atoms with Crippen molar-refractivity contribution in [3.05, 3.63) is 57.8 Å². The maximum atomic E-state index is 12.1. The Morgan fingerprint density at radius 1 is 0.840 bits per heavy atom. The second-order valence-corrected chi connectivity index (χ2v) is 11.5. The van der Waals surface area contributed by atoms with Crippen molar-refractivity contribution in [1.29, 1.82) is 0 Å². The lowest BCUT2D eigenvalue weighted by Crippen LogP contribution is -2.42. The van der Waals surface area contributed by atoms with Crippen LogP contribution in [0, 0.1) is 0 Å². The number of nitrogens with zero attached hydrogens (tertiary/aromatic N) is 1. The molecule has 0 spiro atoms. The molecule has 2 atom stereocenters. The van der Waals surface area contributed by atoms with Crippen LogP contribution >= 0.6 is 12.4 Å². The number of hydrogen-bond acceptors (Lipinski definition) is 13. The lowest BCUT2D eigenvalue weighted by atomic mass is 9.86. The molecule has 3 heterocycles. The van der Waals surface area contributed by atoms with Crippen LogP contribution < -0.4 is 30.0 Å². The molecule has 13 nitrogen and oxygen atoms in total. The van der Waals surface area contributed by atoms with E-state index in [1.807, 2.05) is 31.1 Å². The van der Waals surface area contributed by atoms with Crippen molar-refractivity contribution in [2.24, 2.45) is 5.73 Å². The smallest absolute Gasteiger partial charge is 0.337 e. The fraction of sp³-hybridized carbons (Fsp3) is 0.500. The van der Waals surface area contributed by atoms with E-state index in [0.717, 1.165) is 48.6 Å². The highest BCUT2D eigenvalue weighted by Gasteiger charge is 2.35. The van der Waals surface area contributed by atoms with Crippen LogP contribution in [-0.2, 0) is 41.5 Å². The van der Waals surface area contributed by atoms with Gasteiger partial charge in [0.15, 0.2) is 23.0 Å². The van der Waals surface area contributed by atoms with E-state index in [0.29, 0.717) is 42.3 Å². The number of methoxy groups -OCH3 is 4. The highest BCUT2D eigenvalue weighted by molar-refractivity contribution is 5.96. The summed E-state index contributed by atoms with van der Waals surface area (Å²) in [5.74, 6) is 1.88. The summed E-state index contributed by atoms with van der Waals surface area (Å²) in [6.07, 6.45) is 2.45. The first-order valence-corrected chi connectivity index (χ1v) is 16.3. The van der Waals surface area contributed by atoms with Crippen molar-refractivity contribution in [2.45, 2.75) is 58.0 Å². The SMILES string of the molecule is C=O.CCOC(=O)C1=C(N)CC2c3cc(OC)c(OC)cc3CCN2C1.CCOC(=O)CC(=O)CC1NCCc2cc(OC)c(OC)cc21.Cl. The predicted octanol–water partition coefficient (Wildman–Crippen LogP) is 3.82. The van der Waals surface area contributed by atoms with Crippen LogP contribution in [-0.4, -0.2) is 90.7 Å². The summed E-state index contributed by atoms with van der Waals surface area (Å²) >= 11 is 0. The Morgan fingerprint density at radius 3 is 1.94 bits per heavy atom. The van der Waals surface area contributed by atoms with E-state index in [9.17, 15) is 14.4 Å². The van der Waals surface area contributed by atoms with Gasteiger partial charge in [-0.15, -0.1) is 12.4 Å². The average Bonchev–Trinajstić information content (AvgIpc) is 3.11.